The number of halogens is 3. The van der Waals surface area contributed by atoms with Gasteiger partial charge in [-0.2, -0.15) is 13.2 Å². The molecule has 0 saturated heterocycles. The Morgan fingerprint density at radius 2 is 1.90 bits per heavy atom. The molecule has 0 radical (unpaired) electrons. The van der Waals surface area contributed by atoms with Crippen molar-refractivity contribution in [1.82, 2.24) is 5.32 Å². The molecule has 1 amide bonds. The van der Waals surface area contributed by atoms with E-state index in [9.17, 15) is 18.0 Å². The van der Waals surface area contributed by atoms with E-state index in [0.717, 1.165) is 0 Å². The third-order valence-corrected chi connectivity index (χ3v) is 2.68. The van der Waals surface area contributed by atoms with Crippen molar-refractivity contribution >= 4 is 5.91 Å². The molecule has 0 aliphatic heterocycles. The Kier molecular flexibility index (Phi) is 5.38. The van der Waals surface area contributed by atoms with Gasteiger partial charge in [-0.1, -0.05) is 18.2 Å². The van der Waals surface area contributed by atoms with Crippen LogP contribution in [0.25, 0.3) is 0 Å². The summed E-state index contributed by atoms with van der Waals surface area (Å²) >= 11 is 0. The van der Waals surface area contributed by atoms with Crippen molar-refractivity contribution in [2.45, 2.75) is 25.1 Å². The van der Waals surface area contributed by atoms with Gasteiger partial charge < -0.3 is 15.8 Å². The second-order valence-electron chi connectivity index (χ2n) is 4.47. The van der Waals surface area contributed by atoms with Gasteiger partial charge in [0.1, 0.15) is 5.75 Å². The Hall–Kier alpha value is -1.76. The van der Waals surface area contributed by atoms with E-state index in [4.69, 9.17) is 10.5 Å². The zero-order valence-electron chi connectivity index (χ0n) is 11.0. The molecule has 4 nitrogen and oxygen atoms in total. The summed E-state index contributed by atoms with van der Waals surface area (Å²) in [5.41, 5.74) is 2.09. The lowest BCUT2D eigenvalue weighted by atomic mass is 10.0. The van der Waals surface area contributed by atoms with E-state index in [0.29, 0.717) is 19.1 Å². The number of carbonyl (C=O) groups excluding carboxylic acids is 1. The largest absolute Gasteiger partial charge is 0.494 e. The van der Waals surface area contributed by atoms with E-state index in [1.165, 1.54) is 0 Å². The molecule has 112 valence electrons. The summed E-state index contributed by atoms with van der Waals surface area (Å²) in [6, 6.07) is 8.98. The SMILES string of the molecule is CC(N)(C(=O)NCCCOc1ccccc1)C(F)(F)F. The molecule has 0 aromatic heterocycles. The van der Waals surface area contributed by atoms with Crippen LogP contribution in [0.2, 0.25) is 0 Å². The summed E-state index contributed by atoms with van der Waals surface area (Å²) in [5, 5.41) is 2.15. The Bertz CT molecular complexity index is 433. The summed E-state index contributed by atoms with van der Waals surface area (Å²) in [6.45, 7) is 0.995. The van der Waals surface area contributed by atoms with Crippen LogP contribution in [0.3, 0.4) is 0 Å². The first-order valence-corrected chi connectivity index (χ1v) is 6.07. The molecule has 0 heterocycles. The number of benzene rings is 1. The van der Waals surface area contributed by atoms with E-state index in [1.807, 2.05) is 6.07 Å². The number of nitrogens with one attached hydrogen (secondary N) is 1. The molecule has 0 fully saturated rings. The number of ether oxygens (including phenoxy) is 1. The second-order valence-corrected chi connectivity index (χ2v) is 4.47. The molecule has 0 aliphatic rings. The molecule has 0 aliphatic carbocycles. The fourth-order valence-electron chi connectivity index (χ4n) is 1.29. The lowest BCUT2D eigenvalue weighted by Gasteiger charge is -2.26. The van der Waals surface area contributed by atoms with Crippen molar-refractivity contribution in [2.24, 2.45) is 5.73 Å². The van der Waals surface area contributed by atoms with Gasteiger partial charge in [0.05, 0.1) is 6.61 Å². The summed E-state index contributed by atoms with van der Waals surface area (Å²) in [5.74, 6) is -0.581. The number of hydrogen-bond donors (Lipinski definition) is 2. The van der Waals surface area contributed by atoms with E-state index in [1.54, 1.807) is 24.3 Å². The maximum atomic E-state index is 12.5. The van der Waals surface area contributed by atoms with Crippen LogP contribution in [0, 0.1) is 0 Å². The molecule has 1 atom stereocenters. The molecule has 0 saturated carbocycles. The molecule has 1 rings (SSSR count). The Labute approximate surface area is 115 Å². The molecule has 7 heteroatoms. The first-order chi connectivity index (χ1) is 9.25. The summed E-state index contributed by atoms with van der Waals surface area (Å²) in [4.78, 5) is 11.3. The number of alkyl halides is 3. The van der Waals surface area contributed by atoms with Gasteiger partial charge in [0, 0.05) is 6.54 Å². The van der Waals surface area contributed by atoms with Crippen molar-refractivity contribution in [1.29, 1.82) is 0 Å². The molecule has 0 spiro atoms. The third kappa shape index (κ3) is 4.41. The molecular weight excluding hydrogens is 273 g/mol. The minimum atomic E-state index is -4.78. The average molecular weight is 290 g/mol. The first kappa shape index (κ1) is 16.3. The van der Waals surface area contributed by atoms with E-state index in [-0.39, 0.29) is 13.2 Å². The van der Waals surface area contributed by atoms with Crippen molar-refractivity contribution < 1.29 is 22.7 Å². The highest BCUT2D eigenvalue weighted by molar-refractivity contribution is 5.86. The minimum Gasteiger partial charge on any atom is -0.494 e. The molecule has 20 heavy (non-hydrogen) atoms. The lowest BCUT2D eigenvalue weighted by molar-refractivity contribution is -0.187. The van der Waals surface area contributed by atoms with Crippen LogP contribution < -0.4 is 15.8 Å². The quantitative estimate of drug-likeness (QED) is 0.786. The Morgan fingerprint density at radius 1 is 1.30 bits per heavy atom. The number of para-hydroxylation sites is 1. The lowest BCUT2D eigenvalue weighted by Crippen LogP contribution is -2.61. The van der Waals surface area contributed by atoms with Gasteiger partial charge in [0.2, 0.25) is 5.91 Å². The third-order valence-electron chi connectivity index (χ3n) is 2.68. The van der Waals surface area contributed by atoms with Crippen LogP contribution in [-0.4, -0.2) is 30.8 Å². The minimum absolute atomic E-state index is 0.0640. The molecule has 1 unspecified atom stereocenters. The number of rotatable bonds is 6. The average Bonchev–Trinajstić information content (AvgIpc) is 2.38. The summed E-state index contributed by atoms with van der Waals surface area (Å²) in [7, 11) is 0. The number of carbonyl (C=O) groups is 1. The standard InChI is InChI=1S/C13H17F3N2O2/c1-12(17,13(14,15)16)11(19)18-8-5-9-20-10-6-3-2-4-7-10/h2-4,6-7H,5,8-9,17H2,1H3,(H,18,19). The van der Waals surface area contributed by atoms with Gasteiger partial charge >= 0.3 is 6.18 Å². The highest BCUT2D eigenvalue weighted by Crippen LogP contribution is 2.27. The van der Waals surface area contributed by atoms with Crippen molar-refractivity contribution in [3.8, 4) is 5.75 Å². The Morgan fingerprint density at radius 3 is 2.45 bits per heavy atom. The topological polar surface area (TPSA) is 64.4 Å². The normalized spacial score (nSPS) is 14.4. The van der Waals surface area contributed by atoms with Gasteiger partial charge in [0.25, 0.3) is 0 Å². The van der Waals surface area contributed by atoms with Gasteiger partial charge in [-0.3, -0.25) is 4.79 Å². The number of amides is 1. The molecule has 0 bridgehead atoms. The van der Waals surface area contributed by atoms with Gasteiger partial charge in [-0.25, -0.2) is 0 Å². The van der Waals surface area contributed by atoms with Crippen LogP contribution >= 0.6 is 0 Å². The zero-order valence-corrected chi connectivity index (χ0v) is 11.0. The molecule has 1 aromatic carbocycles. The van der Waals surface area contributed by atoms with Crippen LogP contribution in [-0.2, 0) is 4.79 Å². The van der Waals surface area contributed by atoms with Gasteiger partial charge in [-0.15, -0.1) is 0 Å². The summed E-state index contributed by atoms with van der Waals surface area (Å²) < 4.78 is 42.7. The first-order valence-electron chi connectivity index (χ1n) is 6.07. The van der Waals surface area contributed by atoms with Gasteiger partial charge in [-0.05, 0) is 25.5 Å². The molecule has 3 N–H and O–H groups in total. The monoisotopic (exact) mass is 290 g/mol. The van der Waals surface area contributed by atoms with E-state index < -0.39 is 17.6 Å². The van der Waals surface area contributed by atoms with E-state index in [2.05, 4.69) is 5.32 Å². The predicted octanol–water partition coefficient (Wildman–Crippen LogP) is 1.85. The molecular formula is C13H17F3N2O2. The van der Waals surface area contributed by atoms with Crippen molar-refractivity contribution in [3.05, 3.63) is 30.3 Å². The fraction of sp³-hybridized carbons (Fsp3) is 0.462. The predicted molar refractivity (Wildman–Crippen MR) is 68.2 cm³/mol. The maximum Gasteiger partial charge on any atom is 0.415 e. The van der Waals surface area contributed by atoms with Gasteiger partial charge in [0.15, 0.2) is 5.54 Å². The highest BCUT2D eigenvalue weighted by atomic mass is 19.4. The maximum absolute atomic E-state index is 12.5. The fourth-order valence-corrected chi connectivity index (χ4v) is 1.29. The van der Waals surface area contributed by atoms with Crippen LogP contribution in [0.15, 0.2) is 30.3 Å². The van der Waals surface area contributed by atoms with E-state index >= 15 is 0 Å². The second kappa shape index (κ2) is 6.60. The molecule has 1 aromatic rings. The van der Waals surface area contributed by atoms with Crippen LogP contribution in [0.5, 0.6) is 5.75 Å². The highest BCUT2D eigenvalue weighted by Gasteiger charge is 2.53. The van der Waals surface area contributed by atoms with Crippen molar-refractivity contribution in [3.63, 3.8) is 0 Å². The van der Waals surface area contributed by atoms with Crippen molar-refractivity contribution in [2.75, 3.05) is 13.2 Å². The summed E-state index contributed by atoms with van der Waals surface area (Å²) in [6.07, 6.45) is -4.40. The number of hydrogen-bond acceptors (Lipinski definition) is 3. The zero-order chi connectivity index (χ0) is 15.2. The Balaban J connectivity index is 2.26. The van der Waals surface area contributed by atoms with Crippen LogP contribution in [0.1, 0.15) is 13.3 Å². The van der Waals surface area contributed by atoms with Crippen LogP contribution in [0.4, 0.5) is 13.2 Å². The number of nitrogens with two attached hydrogens (primary N) is 1. The smallest absolute Gasteiger partial charge is 0.415 e.